The lowest BCUT2D eigenvalue weighted by atomic mass is 10.1. The average Bonchev–Trinajstić information content (AvgIpc) is 2.43. The van der Waals surface area contributed by atoms with Gasteiger partial charge >= 0.3 is 5.97 Å². The van der Waals surface area contributed by atoms with Crippen LogP contribution in [0.15, 0.2) is 0 Å². The minimum atomic E-state index is -0.833. The highest BCUT2D eigenvalue weighted by atomic mass is 16.4. The molecule has 8 heteroatoms. The van der Waals surface area contributed by atoms with Crippen molar-refractivity contribution in [2.24, 2.45) is 0 Å². The van der Waals surface area contributed by atoms with Crippen LogP contribution in [0.1, 0.15) is 91.9 Å². The maximum absolute atomic E-state index is 10.2. The molecule has 0 fully saturated rings. The van der Waals surface area contributed by atoms with Gasteiger partial charge in [0.1, 0.15) is 0 Å². The van der Waals surface area contributed by atoms with Crippen molar-refractivity contribution in [2.75, 3.05) is 0 Å². The molecule has 0 aliphatic rings. The summed E-state index contributed by atoms with van der Waals surface area (Å²) in [5.74, 6) is -3.16. The van der Waals surface area contributed by atoms with E-state index in [-0.39, 0.29) is 0 Å². The molecule has 4 N–H and O–H groups in total. The molecule has 0 aromatic heterocycles. The Labute approximate surface area is 156 Å². The number of aliphatic carboxylic acids is 4. The monoisotopic (exact) mass is 380 g/mol. The average molecular weight is 380 g/mol. The zero-order chi connectivity index (χ0) is 21.4. The zero-order valence-electron chi connectivity index (χ0n) is 16.5. The molecule has 0 bridgehead atoms. The Morgan fingerprint density at radius 1 is 0.538 bits per heavy atom. The second-order valence-corrected chi connectivity index (χ2v) is 5.53. The molecular formula is C18H36O8. The van der Waals surface area contributed by atoms with Gasteiger partial charge in [-0.2, -0.15) is 0 Å². The van der Waals surface area contributed by atoms with Gasteiger partial charge in [0.05, 0.1) is 0 Å². The van der Waals surface area contributed by atoms with Crippen LogP contribution in [0.5, 0.6) is 0 Å². The van der Waals surface area contributed by atoms with Crippen molar-refractivity contribution in [3.05, 3.63) is 0 Å². The van der Waals surface area contributed by atoms with Crippen molar-refractivity contribution in [1.29, 1.82) is 0 Å². The summed E-state index contributed by atoms with van der Waals surface area (Å²) in [6.07, 6.45) is 11.5. The summed E-state index contributed by atoms with van der Waals surface area (Å²) < 4.78 is 0. The van der Waals surface area contributed by atoms with Gasteiger partial charge < -0.3 is 20.4 Å². The first-order chi connectivity index (χ1) is 12.0. The van der Waals surface area contributed by atoms with E-state index >= 15 is 0 Å². The van der Waals surface area contributed by atoms with Crippen LogP contribution in [0.2, 0.25) is 0 Å². The van der Waals surface area contributed by atoms with Crippen LogP contribution in [0.4, 0.5) is 0 Å². The van der Waals surface area contributed by atoms with Gasteiger partial charge in [0, 0.05) is 27.2 Å². The van der Waals surface area contributed by atoms with Crippen LogP contribution >= 0.6 is 0 Å². The fourth-order valence-corrected chi connectivity index (χ4v) is 1.59. The Bertz CT molecular complexity index is 313. The van der Waals surface area contributed by atoms with E-state index in [2.05, 4.69) is 6.92 Å². The third-order valence-corrected chi connectivity index (χ3v) is 2.49. The zero-order valence-corrected chi connectivity index (χ0v) is 16.5. The van der Waals surface area contributed by atoms with Crippen molar-refractivity contribution in [1.82, 2.24) is 0 Å². The van der Waals surface area contributed by atoms with Crippen molar-refractivity contribution < 1.29 is 39.6 Å². The molecule has 26 heavy (non-hydrogen) atoms. The molecule has 0 unspecified atom stereocenters. The standard InChI is InChI=1S/C12H24O2.3C2H4O2/c1-2-3-4-5-6-7-8-9-10-11-12(13)14;3*1-2(3)4/h2-11H2,1H3,(H,13,14);3*1H3,(H,3,4). The molecule has 0 aromatic rings. The van der Waals surface area contributed by atoms with E-state index in [0.717, 1.165) is 33.6 Å². The van der Waals surface area contributed by atoms with Crippen molar-refractivity contribution in [3.63, 3.8) is 0 Å². The normalized spacial score (nSPS) is 8.46. The molecule has 0 atom stereocenters. The molecule has 156 valence electrons. The summed E-state index contributed by atoms with van der Waals surface area (Å²) in [7, 11) is 0. The quantitative estimate of drug-likeness (QED) is 0.410. The largest absolute Gasteiger partial charge is 0.481 e. The van der Waals surface area contributed by atoms with E-state index < -0.39 is 23.9 Å². The van der Waals surface area contributed by atoms with Crippen LogP contribution in [0.25, 0.3) is 0 Å². The minimum absolute atomic E-state index is 0.343. The molecule has 0 aliphatic heterocycles. The highest BCUT2D eigenvalue weighted by molar-refractivity contribution is 5.66. The van der Waals surface area contributed by atoms with E-state index in [9.17, 15) is 4.79 Å². The van der Waals surface area contributed by atoms with Crippen LogP contribution < -0.4 is 0 Å². The molecule has 0 heterocycles. The molecule has 0 amide bonds. The molecule has 8 nitrogen and oxygen atoms in total. The van der Waals surface area contributed by atoms with Crippen molar-refractivity contribution in [3.8, 4) is 0 Å². The lowest BCUT2D eigenvalue weighted by Gasteiger charge is -2.00. The number of carboxylic acid groups (broad SMARTS) is 4. The Kier molecular flexibility index (Phi) is 33.7. The fraction of sp³-hybridized carbons (Fsp3) is 0.778. The van der Waals surface area contributed by atoms with E-state index in [1.165, 1.54) is 44.9 Å². The van der Waals surface area contributed by atoms with Gasteiger partial charge in [-0.05, 0) is 6.42 Å². The molecule has 0 aliphatic carbocycles. The number of unbranched alkanes of at least 4 members (excludes halogenated alkanes) is 8. The Balaban J connectivity index is -0.000000164. The molecule has 0 aromatic carbocycles. The summed E-state index contributed by atoms with van der Waals surface area (Å²) in [6, 6.07) is 0. The predicted molar refractivity (Wildman–Crippen MR) is 99.4 cm³/mol. The lowest BCUT2D eigenvalue weighted by molar-refractivity contribution is -0.137. The Morgan fingerprint density at radius 3 is 1.00 bits per heavy atom. The smallest absolute Gasteiger partial charge is 0.303 e. The number of hydrogen-bond donors (Lipinski definition) is 4. The first-order valence-electron chi connectivity index (χ1n) is 8.77. The SMILES string of the molecule is CC(=O)O.CC(=O)O.CC(=O)O.CCCCCCCCCCCC(=O)O. The second-order valence-electron chi connectivity index (χ2n) is 5.53. The molecule has 0 radical (unpaired) electrons. The van der Waals surface area contributed by atoms with E-state index in [1.807, 2.05) is 0 Å². The Morgan fingerprint density at radius 2 is 0.769 bits per heavy atom. The van der Waals surface area contributed by atoms with E-state index in [1.54, 1.807) is 0 Å². The molecule has 0 rings (SSSR count). The van der Waals surface area contributed by atoms with E-state index in [4.69, 9.17) is 34.8 Å². The molecule has 0 spiro atoms. The van der Waals surface area contributed by atoms with Crippen LogP contribution in [0, 0.1) is 0 Å². The predicted octanol–water partition coefficient (Wildman–Crippen LogP) is 4.26. The van der Waals surface area contributed by atoms with Gasteiger partial charge in [-0.1, -0.05) is 58.3 Å². The highest BCUT2D eigenvalue weighted by Crippen LogP contribution is 2.10. The lowest BCUT2D eigenvalue weighted by Crippen LogP contribution is -1.93. The van der Waals surface area contributed by atoms with Gasteiger partial charge in [-0.25, -0.2) is 0 Å². The number of rotatable bonds is 10. The Hall–Kier alpha value is -2.12. The van der Waals surface area contributed by atoms with Crippen LogP contribution in [-0.4, -0.2) is 44.3 Å². The van der Waals surface area contributed by atoms with Crippen LogP contribution in [0.3, 0.4) is 0 Å². The van der Waals surface area contributed by atoms with Crippen LogP contribution in [-0.2, 0) is 19.2 Å². The number of carbonyl (C=O) groups is 4. The first kappa shape index (κ1) is 31.6. The molecule has 0 saturated heterocycles. The first-order valence-corrected chi connectivity index (χ1v) is 8.77. The van der Waals surface area contributed by atoms with Crippen molar-refractivity contribution in [2.45, 2.75) is 91.9 Å². The van der Waals surface area contributed by atoms with Gasteiger partial charge in [-0.15, -0.1) is 0 Å². The highest BCUT2D eigenvalue weighted by Gasteiger charge is 1.96. The van der Waals surface area contributed by atoms with Crippen molar-refractivity contribution >= 4 is 23.9 Å². The summed E-state index contributed by atoms with van der Waals surface area (Å²) in [5.41, 5.74) is 0. The summed E-state index contributed by atoms with van der Waals surface area (Å²) in [5, 5.41) is 30.7. The summed E-state index contributed by atoms with van der Waals surface area (Å²) in [4.78, 5) is 37.2. The van der Waals surface area contributed by atoms with E-state index in [0.29, 0.717) is 6.42 Å². The summed E-state index contributed by atoms with van der Waals surface area (Å²) in [6.45, 7) is 5.48. The molecular weight excluding hydrogens is 344 g/mol. The van der Waals surface area contributed by atoms with Gasteiger partial charge in [0.2, 0.25) is 0 Å². The summed E-state index contributed by atoms with van der Waals surface area (Å²) >= 11 is 0. The third kappa shape index (κ3) is 121. The minimum Gasteiger partial charge on any atom is -0.481 e. The third-order valence-electron chi connectivity index (χ3n) is 2.49. The van der Waals surface area contributed by atoms with Gasteiger partial charge in [0.15, 0.2) is 0 Å². The van der Waals surface area contributed by atoms with Gasteiger partial charge in [-0.3, -0.25) is 19.2 Å². The molecule has 0 saturated carbocycles. The van der Waals surface area contributed by atoms with Gasteiger partial charge in [0.25, 0.3) is 17.9 Å². The topological polar surface area (TPSA) is 149 Å². The second kappa shape index (κ2) is 27.7. The maximum atomic E-state index is 10.2. The maximum Gasteiger partial charge on any atom is 0.303 e. The number of carboxylic acids is 4. The number of hydrogen-bond acceptors (Lipinski definition) is 4. The fourth-order valence-electron chi connectivity index (χ4n) is 1.59.